The Morgan fingerprint density at radius 1 is 1.03 bits per heavy atom. The van der Waals surface area contributed by atoms with Crippen LogP contribution in [-0.2, 0) is 6.54 Å². The van der Waals surface area contributed by atoms with Crippen LogP contribution in [0.5, 0.6) is 0 Å². The molecule has 1 N–H and O–H groups in total. The zero-order chi connectivity index (χ0) is 24.9. The predicted molar refractivity (Wildman–Crippen MR) is 135 cm³/mol. The molecular formula is C27H24N8O. The Balaban J connectivity index is 1.41. The normalized spacial score (nSPS) is 11.8. The first-order valence-corrected chi connectivity index (χ1v) is 11.7. The lowest BCUT2D eigenvalue weighted by Gasteiger charge is -2.19. The van der Waals surface area contributed by atoms with Gasteiger partial charge >= 0.3 is 5.69 Å². The fourth-order valence-corrected chi connectivity index (χ4v) is 4.45. The van der Waals surface area contributed by atoms with E-state index in [0.717, 1.165) is 40.8 Å². The average Bonchev–Trinajstić information content (AvgIpc) is 3.59. The topological polar surface area (TPSA) is 118 Å². The SMILES string of the molecule is CCCC(c1ccccc1C#N)n1ccn(Cc2ccc(-c3ccccc3-c3nnn[nH]3)nc2)c1=O. The molecule has 9 heteroatoms. The molecule has 3 heterocycles. The molecule has 9 nitrogen and oxygen atoms in total. The highest BCUT2D eigenvalue weighted by molar-refractivity contribution is 5.78. The van der Waals surface area contributed by atoms with Crippen LogP contribution in [-0.4, -0.2) is 34.7 Å². The number of pyridine rings is 1. The lowest BCUT2D eigenvalue weighted by atomic mass is 9.97. The lowest BCUT2D eigenvalue weighted by Crippen LogP contribution is -2.28. The molecule has 0 aliphatic carbocycles. The number of rotatable bonds is 8. The van der Waals surface area contributed by atoms with Crippen LogP contribution in [0.25, 0.3) is 22.6 Å². The highest BCUT2D eigenvalue weighted by atomic mass is 16.1. The third-order valence-electron chi connectivity index (χ3n) is 6.19. The van der Waals surface area contributed by atoms with Crippen molar-refractivity contribution in [3.63, 3.8) is 0 Å². The van der Waals surface area contributed by atoms with E-state index in [1.165, 1.54) is 0 Å². The van der Waals surface area contributed by atoms with Gasteiger partial charge in [-0.15, -0.1) is 5.10 Å². The molecule has 1 unspecified atom stereocenters. The Morgan fingerprint density at radius 2 is 1.83 bits per heavy atom. The van der Waals surface area contributed by atoms with E-state index in [0.29, 0.717) is 17.9 Å². The van der Waals surface area contributed by atoms with Crippen molar-refractivity contribution in [3.05, 3.63) is 106 Å². The minimum Gasteiger partial charge on any atom is -0.295 e. The summed E-state index contributed by atoms with van der Waals surface area (Å²) in [6, 6.07) is 21.2. The van der Waals surface area contributed by atoms with Gasteiger partial charge in [0.05, 0.1) is 29.9 Å². The smallest absolute Gasteiger partial charge is 0.295 e. The summed E-state index contributed by atoms with van der Waals surface area (Å²) < 4.78 is 3.39. The highest BCUT2D eigenvalue weighted by Crippen LogP contribution is 2.28. The molecule has 0 bridgehead atoms. The van der Waals surface area contributed by atoms with Crippen LogP contribution in [0.15, 0.2) is 84.0 Å². The second kappa shape index (κ2) is 10.2. The van der Waals surface area contributed by atoms with Crippen molar-refractivity contribution < 1.29 is 0 Å². The van der Waals surface area contributed by atoms with Crippen LogP contribution < -0.4 is 5.69 Å². The average molecular weight is 477 g/mol. The van der Waals surface area contributed by atoms with Crippen LogP contribution in [0.4, 0.5) is 0 Å². The fraction of sp³-hybridized carbons (Fsp3) is 0.185. The largest absolute Gasteiger partial charge is 0.329 e. The summed E-state index contributed by atoms with van der Waals surface area (Å²) in [5.41, 5.74) is 4.80. The summed E-state index contributed by atoms with van der Waals surface area (Å²) in [7, 11) is 0. The van der Waals surface area contributed by atoms with E-state index >= 15 is 0 Å². The molecule has 0 amide bonds. The molecule has 0 saturated carbocycles. The molecule has 2 aromatic carbocycles. The Bertz CT molecular complexity index is 1560. The van der Waals surface area contributed by atoms with Crippen molar-refractivity contribution in [2.24, 2.45) is 0 Å². The lowest BCUT2D eigenvalue weighted by molar-refractivity contribution is 0.508. The van der Waals surface area contributed by atoms with Crippen molar-refractivity contribution in [3.8, 4) is 28.7 Å². The first kappa shape index (κ1) is 22.9. The summed E-state index contributed by atoms with van der Waals surface area (Å²) in [5.74, 6) is 0.573. The van der Waals surface area contributed by atoms with Gasteiger partial charge in [0.2, 0.25) is 0 Å². The number of imidazole rings is 1. The van der Waals surface area contributed by atoms with Gasteiger partial charge in [0.1, 0.15) is 0 Å². The maximum Gasteiger partial charge on any atom is 0.329 e. The summed E-state index contributed by atoms with van der Waals surface area (Å²) in [6.45, 7) is 2.47. The summed E-state index contributed by atoms with van der Waals surface area (Å²) >= 11 is 0. The van der Waals surface area contributed by atoms with E-state index in [1.54, 1.807) is 33.8 Å². The number of tetrazole rings is 1. The summed E-state index contributed by atoms with van der Waals surface area (Å²) in [4.78, 5) is 18.0. The van der Waals surface area contributed by atoms with Crippen LogP contribution in [0.3, 0.4) is 0 Å². The van der Waals surface area contributed by atoms with Crippen LogP contribution in [0, 0.1) is 11.3 Å². The number of hydrogen-bond acceptors (Lipinski definition) is 6. The minimum absolute atomic E-state index is 0.117. The van der Waals surface area contributed by atoms with Crippen molar-refractivity contribution in [1.29, 1.82) is 5.26 Å². The number of hydrogen-bond donors (Lipinski definition) is 1. The molecule has 0 saturated heterocycles. The Labute approximate surface area is 207 Å². The number of nitriles is 1. The minimum atomic E-state index is -0.192. The van der Waals surface area contributed by atoms with Gasteiger partial charge in [-0.25, -0.2) is 9.89 Å². The quantitative estimate of drug-likeness (QED) is 0.359. The second-order valence-electron chi connectivity index (χ2n) is 8.47. The molecule has 5 aromatic rings. The number of nitrogens with one attached hydrogen (secondary N) is 1. The molecule has 178 valence electrons. The standard InChI is InChI=1S/C27H24N8O/c1-2-7-25(21-9-4-3-8-20(21)16-28)35-15-14-34(27(35)36)18-19-12-13-24(29-17-19)22-10-5-6-11-23(22)26-30-32-33-31-26/h3-6,8-15,17,25H,2,7,18H2,1H3,(H,30,31,32,33). The van der Waals surface area contributed by atoms with E-state index < -0.39 is 0 Å². The van der Waals surface area contributed by atoms with Gasteiger partial charge in [-0.2, -0.15) is 5.26 Å². The molecular weight excluding hydrogens is 452 g/mol. The number of benzene rings is 2. The number of aromatic nitrogens is 7. The van der Waals surface area contributed by atoms with Crippen molar-refractivity contribution in [2.75, 3.05) is 0 Å². The first-order valence-electron chi connectivity index (χ1n) is 11.7. The molecule has 0 spiro atoms. The molecule has 1 atom stereocenters. The van der Waals surface area contributed by atoms with Gasteiger partial charge in [0.15, 0.2) is 5.82 Å². The van der Waals surface area contributed by atoms with Crippen molar-refractivity contribution in [1.82, 2.24) is 34.7 Å². The van der Waals surface area contributed by atoms with Gasteiger partial charge in [-0.1, -0.05) is 61.9 Å². The molecule has 0 radical (unpaired) electrons. The van der Waals surface area contributed by atoms with E-state index in [1.807, 2.05) is 54.6 Å². The molecule has 0 aliphatic heterocycles. The summed E-state index contributed by atoms with van der Waals surface area (Å²) in [5, 5.41) is 23.7. The summed E-state index contributed by atoms with van der Waals surface area (Å²) in [6.07, 6.45) is 7.03. The molecule has 0 aliphatic rings. The predicted octanol–water partition coefficient (Wildman–Crippen LogP) is 4.20. The third kappa shape index (κ3) is 4.44. The van der Waals surface area contributed by atoms with Gasteiger partial charge in [-0.3, -0.25) is 14.1 Å². The van der Waals surface area contributed by atoms with Gasteiger partial charge in [-0.05, 0) is 40.1 Å². The first-order chi connectivity index (χ1) is 17.7. The van der Waals surface area contributed by atoms with E-state index in [4.69, 9.17) is 0 Å². The second-order valence-corrected chi connectivity index (χ2v) is 8.47. The van der Waals surface area contributed by atoms with Gasteiger partial charge < -0.3 is 0 Å². The number of aromatic amines is 1. The Morgan fingerprint density at radius 3 is 2.56 bits per heavy atom. The molecule has 0 fully saturated rings. The van der Waals surface area contributed by atoms with Gasteiger partial charge in [0.25, 0.3) is 0 Å². The van der Waals surface area contributed by atoms with Crippen molar-refractivity contribution in [2.45, 2.75) is 32.4 Å². The van der Waals surface area contributed by atoms with Crippen LogP contribution in [0.2, 0.25) is 0 Å². The zero-order valence-electron chi connectivity index (χ0n) is 19.7. The molecule has 5 rings (SSSR count). The monoisotopic (exact) mass is 476 g/mol. The maximum atomic E-state index is 13.3. The molecule has 36 heavy (non-hydrogen) atoms. The van der Waals surface area contributed by atoms with Crippen molar-refractivity contribution >= 4 is 0 Å². The maximum absolute atomic E-state index is 13.3. The van der Waals surface area contributed by atoms with Crippen LogP contribution in [0.1, 0.15) is 42.5 Å². The zero-order valence-corrected chi connectivity index (χ0v) is 19.7. The Kier molecular flexibility index (Phi) is 6.49. The number of H-pyrrole nitrogens is 1. The van der Waals surface area contributed by atoms with Crippen LogP contribution >= 0.6 is 0 Å². The van der Waals surface area contributed by atoms with Gasteiger partial charge in [0, 0.05) is 29.7 Å². The van der Waals surface area contributed by atoms with E-state index in [2.05, 4.69) is 38.6 Å². The van der Waals surface area contributed by atoms with E-state index in [9.17, 15) is 10.1 Å². The highest BCUT2D eigenvalue weighted by Gasteiger charge is 2.19. The Hall–Kier alpha value is -4.84. The third-order valence-corrected chi connectivity index (χ3v) is 6.19. The molecule has 3 aromatic heterocycles. The van der Waals surface area contributed by atoms with E-state index in [-0.39, 0.29) is 11.7 Å². The fourth-order valence-electron chi connectivity index (χ4n) is 4.45. The number of nitrogens with zero attached hydrogens (tertiary/aromatic N) is 7.